The molecule has 1 atom stereocenters. The summed E-state index contributed by atoms with van der Waals surface area (Å²) in [6.07, 6.45) is 1.17. The van der Waals surface area contributed by atoms with Crippen LogP contribution in [0.2, 0.25) is 0 Å². The molecule has 0 spiro atoms. The summed E-state index contributed by atoms with van der Waals surface area (Å²) >= 11 is 0. The standard InChI is InChI=1S/C10H15N3O6S/c1-11-9(15)8-3-6(4-13(8)2)20(18,19)12-7(5-14)10(16)17/h3-4,7,12,14H,5H2,1-2H3,(H,11,15)(H,16,17)/t7-/m0/s1. The highest BCUT2D eigenvalue weighted by molar-refractivity contribution is 7.89. The molecule has 10 heteroatoms. The molecule has 0 aliphatic carbocycles. The van der Waals surface area contributed by atoms with Crippen molar-refractivity contribution in [2.24, 2.45) is 7.05 Å². The monoisotopic (exact) mass is 305 g/mol. The van der Waals surface area contributed by atoms with E-state index in [2.05, 4.69) is 5.32 Å². The van der Waals surface area contributed by atoms with Gasteiger partial charge in [0.2, 0.25) is 10.0 Å². The Morgan fingerprint density at radius 1 is 1.45 bits per heavy atom. The van der Waals surface area contributed by atoms with Gasteiger partial charge in [0.1, 0.15) is 16.6 Å². The van der Waals surface area contributed by atoms with Gasteiger partial charge in [-0.15, -0.1) is 0 Å². The van der Waals surface area contributed by atoms with E-state index in [1.807, 2.05) is 4.72 Å². The number of aliphatic hydroxyl groups excluding tert-OH is 1. The van der Waals surface area contributed by atoms with E-state index in [0.717, 1.165) is 6.07 Å². The number of amides is 1. The number of carbonyl (C=O) groups is 2. The number of aryl methyl sites for hydroxylation is 1. The zero-order valence-electron chi connectivity index (χ0n) is 10.8. The van der Waals surface area contributed by atoms with E-state index in [0.29, 0.717) is 0 Å². The normalized spacial score (nSPS) is 12.9. The number of carboxylic acids is 1. The topological polar surface area (TPSA) is 138 Å². The Labute approximate surface area is 115 Å². The fraction of sp³-hybridized carbons (Fsp3) is 0.400. The molecule has 20 heavy (non-hydrogen) atoms. The van der Waals surface area contributed by atoms with Gasteiger partial charge < -0.3 is 20.1 Å². The number of carboxylic acid groups (broad SMARTS) is 1. The van der Waals surface area contributed by atoms with Gasteiger partial charge in [-0.1, -0.05) is 0 Å². The van der Waals surface area contributed by atoms with Crippen molar-refractivity contribution in [3.8, 4) is 0 Å². The number of hydrogen-bond donors (Lipinski definition) is 4. The van der Waals surface area contributed by atoms with E-state index in [1.54, 1.807) is 0 Å². The van der Waals surface area contributed by atoms with E-state index >= 15 is 0 Å². The number of nitrogens with one attached hydrogen (secondary N) is 2. The van der Waals surface area contributed by atoms with E-state index in [1.165, 1.54) is 24.9 Å². The second-order valence-corrected chi connectivity index (χ2v) is 5.66. The molecule has 9 nitrogen and oxygen atoms in total. The van der Waals surface area contributed by atoms with Crippen LogP contribution in [0.4, 0.5) is 0 Å². The molecule has 4 N–H and O–H groups in total. The number of carbonyl (C=O) groups excluding carboxylic acids is 1. The van der Waals surface area contributed by atoms with Crippen LogP contribution >= 0.6 is 0 Å². The van der Waals surface area contributed by atoms with Gasteiger partial charge in [0.25, 0.3) is 5.91 Å². The predicted molar refractivity (Wildman–Crippen MR) is 67.6 cm³/mol. The van der Waals surface area contributed by atoms with Crippen LogP contribution in [-0.4, -0.2) is 54.8 Å². The Morgan fingerprint density at radius 3 is 2.50 bits per heavy atom. The van der Waals surface area contributed by atoms with E-state index in [-0.39, 0.29) is 10.6 Å². The maximum absolute atomic E-state index is 12.0. The molecule has 0 unspecified atom stereocenters. The van der Waals surface area contributed by atoms with Gasteiger partial charge in [-0.2, -0.15) is 4.72 Å². The first kappa shape index (κ1) is 16.1. The minimum Gasteiger partial charge on any atom is -0.480 e. The lowest BCUT2D eigenvalue weighted by Gasteiger charge is -2.10. The Kier molecular flexibility index (Phi) is 4.87. The minimum atomic E-state index is -4.15. The average molecular weight is 305 g/mol. The second-order valence-electron chi connectivity index (χ2n) is 3.95. The molecule has 0 radical (unpaired) electrons. The predicted octanol–water partition coefficient (Wildman–Crippen LogP) is -1.89. The van der Waals surface area contributed by atoms with Crippen molar-refractivity contribution in [3.05, 3.63) is 18.0 Å². The van der Waals surface area contributed by atoms with Crippen LogP contribution in [0.5, 0.6) is 0 Å². The number of sulfonamides is 1. The van der Waals surface area contributed by atoms with Gasteiger partial charge in [-0.3, -0.25) is 9.59 Å². The molecule has 112 valence electrons. The largest absolute Gasteiger partial charge is 0.480 e. The first-order valence-corrected chi connectivity index (χ1v) is 6.95. The summed E-state index contributed by atoms with van der Waals surface area (Å²) in [6.45, 7) is -0.885. The zero-order chi connectivity index (χ0) is 15.5. The molecule has 1 heterocycles. The minimum absolute atomic E-state index is 0.101. The Morgan fingerprint density at radius 2 is 2.05 bits per heavy atom. The number of aliphatic hydroxyl groups is 1. The van der Waals surface area contributed by atoms with Gasteiger partial charge >= 0.3 is 5.97 Å². The Bertz CT molecular complexity index is 621. The van der Waals surface area contributed by atoms with Gasteiger partial charge in [0, 0.05) is 20.3 Å². The van der Waals surface area contributed by atoms with Gasteiger partial charge in [-0.25, -0.2) is 8.42 Å². The summed E-state index contributed by atoms with van der Waals surface area (Å²) in [4.78, 5) is 21.9. The van der Waals surface area contributed by atoms with Crippen LogP contribution in [0.15, 0.2) is 17.2 Å². The molecule has 1 aromatic heterocycles. The molecule has 0 saturated carbocycles. The molecular formula is C10H15N3O6S. The van der Waals surface area contributed by atoms with E-state index < -0.39 is 34.5 Å². The Balaban J connectivity index is 3.11. The van der Waals surface area contributed by atoms with Gasteiger partial charge in [-0.05, 0) is 6.07 Å². The van der Waals surface area contributed by atoms with Crippen LogP contribution in [0, 0.1) is 0 Å². The molecule has 0 saturated heterocycles. The van der Waals surface area contributed by atoms with Crippen molar-refractivity contribution in [1.29, 1.82) is 0 Å². The van der Waals surface area contributed by atoms with E-state index in [4.69, 9.17) is 10.2 Å². The maximum atomic E-state index is 12.0. The number of aromatic nitrogens is 1. The number of hydrogen-bond acceptors (Lipinski definition) is 5. The summed E-state index contributed by atoms with van der Waals surface area (Å²) in [5.41, 5.74) is 0.101. The highest BCUT2D eigenvalue weighted by atomic mass is 32.2. The SMILES string of the molecule is CNC(=O)c1cc(S(=O)(=O)N[C@@H](CO)C(=O)O)cn1C. The fourth-order valence-corrected chi connectivity index (χ4v) is 2.71. The van der Waals surface area contributed by atoms with Crippen molar-refractivity contribution in [1.82, 2.24) is 14.6 Å². The second kappa shape index (κ2) is 6.03. The summed E-state index contributed by atoms with van der Waals surface area (Å²) in [5, 5.41) is 19.9. The van der Waals surface area contributed by atoms with Crippen LogP contribution in [0.1, 0.15) is 10.5 Å². The molecule has 1 aromatic rings. The first-order valence-electron chi connectivity index (χ1n) is 5.47. The molecule has 1 rings (SSSR count). The van der Waals surface area contributed by atoms with Crippen LogP contribution in [0.25, 0.3) is 0 Å². The zero-order valence-corrected chi connectivity index (χ0v) is 11.6. The molecule has 0 aliphatic heterocycles. The van der Waals surface area contributed by atoms with Crippen LogP contribution in [-0.2, 0) is 21.9 Å². The highest BCUT2D eigenvalue weighted by Crippen LogP contribution is 2.13. The molecule has 1 amide bonds. The smallest absolute Gasteiger partial charge is 0.324 e. The molecule has 0 aromatic carbocycles. The van der Waals surface area contributed by atoms with E-state index in [9.17, 15) is 18.0 Å². The maximum Gasteiger partial charge on any atom is 0.324 e. The highest BCUT2D eigenvalue weighted by Gasteiger charge is 2.26. The lowest BCUT2D eigenvalue weighted by atomic mass is 10.3. The van der Waals surface area contributed by atoms with Gasteiger partial charge in [0.05, 0.1) is 6.61 Å². The average Bonchev–Trinajstić information content (AvgIpc) is 2.77. The quantitative estimate of drug-likeness (QED) is 0.485. The molecular weight excluding hydrogens is 290 g/mol. The fourth-order valence-electron chi connectivity index (χ4n) is 1.46. The van der Waals surface area contributed by atoms with Crippen molar-refractivity contribution < 1.29 is 28.2 Å². The summed E-state index contributed by atoms with van der Waals surface area (Å²) < 4.78 is 27.0. The van der Waals surface area contributed by atoms with Gasteiger partial charge in [0.15, 0.2) is 0 Å². The van der Waals surface area contributed by atoms with Crippen molar-refractivity contribution in [3.63, 3.8) is 0 Å². The van der Waals surface area contributed by atoms with Crippen LogP contribution < -0.4 is 10.0 Å². The molecule has 0 fully saturated rings. The first-order chi connectivity index (χ1) is 9.22. The summed E-state index contributed by atoms with van der Waals surface area (Å²) in [6, 6.07) is -0.541. The number of aliphatic carboxylic acids is 1. The van der Waals surface area contributed by atoms with Crippen molar-refractivity contribution in [2.75, 3.05) is 13.7 Å². The lowest BCUT2D eigenvalue weighted by molar-refractivity contribution is -0.139. The third-order valence-corrected chi connectivity index (χ3v) is 3.97. The number of nitrogens with zero attached hydrogens (tertiary/aromatic N) is 1. The Hall–Kier alpha value is -1.91. The third-order valence-electron chi connectivity index (χ3n) is 2.53. The van der Waals surface area contributed by atoms with Crippen molar-refractivity contribution >= 4 is 21.9 Å². The van der Waals surface area contributed by atoms with Crippen LogP contribution in [0.3, 0.4) is 0 Å². The van der Waals surface area contributed by atoms with Crippen molar-refractivity contribution in [2.45, 2.75) is 10.9 Å². The lowest BCUT2D eigenvalue weighted by Crippen LogP contribution is -2.43. The summed E-state index contributed by atoms with van der Waals surface area (Å²) in [7, 11) is -1.28. The third kappa shape index (κ3) is 3.35. The molecule has 0 bridgehead atoms. The number of rotatable bonds is 6. The summed E-state index contributed by atoms with van der Waals surface area (Å²) in [5.74, 6) is -1.98. The molecule has 0 aliphatic rings.